The Kier molecular flexibility index (Phi) is 1.14. The van der Waals surface area contributed by atoms with Gasteiger partial charge >= 0.3 is 0 Å². The first kappa shape index (κ1) is 7.31. The molecule has 2 saturated carbocycles. The highest BCUT2D eigenvalue weighted by atomic mass is 16.1. The molecule has 2 fully saturated rings. The Morgan fingerprint density at radius 3 is 2.69 bits per heavy atom. The van der Waals surface area contributed by atoms with Crippen molar-refractivity contribution in [2.24, 2.45) is 5.92 Å². The molecule has 0 saturated heterocycles. The minimum absolute atomic E-state index is 0.187. The standard InChI is InChI=1S/C12H12O/c1-8-3-2-4-9(5-11(8)13)12-6-10(12)7-12/h2-5,10H,6-7H2,1H3. The van der Waals surface area contributed by atoms with E-state index in [2.05, 4.69) is 6.07 Å². The van der Waals surface area contributed by atoms with Crippen LogP contribution in [0.5, 0.6) is 0 Å². The smallest absolute Gasteiger partial charge is 0.181 e. The van der Waals surface area contributed by atoms with Crippen molar-refractivity contribution in [2.75, 3.05) is 0 Å². The summed E-state index contributed by atoms with van der Waals surface area (Å²) in [5.41, 5.74) is 2.77. The van der Waals surface area contributed by atoms with Gasteiger partial charge in [-0.05, 0) is 48.3 Å². The highest BCUT2D eigenvalue weighted by Crippen LogP contribution is 2.75. The van der Waals surface area contributed by atoms with Crippen LogP contribution in [0.4, 0.5) is 0 Å². The SMILES string of the molecule is Cc1cccc(C23CC2C3)cc1=O. The summed E-state index contributed by atoms with van der Waals surface area (Å²) < 4.78 is 0. The van der Waals surface area contributed by atoms with E-state index in [0.717, 1.165) is 11.5 Å². The Labute approximate surface area is 77.4 Å². The first-order valence-electron chi connectivity index (χ1n) is 4.84. The van der Waals surface area contributed by atoms with Crippen molar-refractivity contribution in [1.29, 1.82) is 0 Å². The Bertz CT molecular complexity index is 427. The van der Waals surface area contributed by atoms with E-state index in [0.29, 0.717) is 5.41 Å². The molecule has 0 spiro atoms. The topological polar surface area (TPSA) is 17.1 Å². The van der Waals surface area contributed by atoms with Crippen molar-refractivity contribution in [3.8, 4) is 0 Å². The molecule has 3 rings (SSSR count). The quantitative estimate of drug-likeness (QED) is 0.633. The van der Waals surface area contributed by atoms with Crippen LogP contribution in [0.2, 0.25) is 0 Å². The molecule has 2 aliphatic rings. The normalized spacial score (nSPS) is 33.8. The lowest BCUT2D eigenvalue weighted by molar-refractivity contribution is 0.822. The van der Waals surface area contributed by atoms with Gasteiger partial charge in [-0.3, -0.25) is 4.79 Å². The van der Waals surface area contributed by atoms with Crippen LogP contribution in [0, 0.1) is 12.8 Å². The number of fused-ring (bicyclic) bond motifs is 1. The lowest BCUT2D eigenvalue weighted by atomic mass is 10.1. The molecule has 66 valence electrons. The molecule has 0 aliphatic heterocycles. The maximum atomic E-state index is 11.5. The molecule has 0 bridgehead atoms. The van der Waals surface area contributed by atoms with Gasteiger partial charge in [0.05, 0.1) is 0 Å². The van der Waals surface area contributed by atoms with Gasteiger partial charge in [0.1, 0.15) is 0 Å². The summed E-state index contributed by atoms with van der Waals surface area (Å²) in [5, 5.41) is 0. The van der Waals surface area contributed by atoms with Crippen molar-refractivity contribution in [2.45, 2.75) is 25.2 Å². The van der Waals surface area contributed by atoms with E-state index in [1.54, 1.807) is 0 Å². The summed E-state index contributed by atoms with van der Waals surface area (Å²) in [6.07, 6.45) is 2.63. The Morgan fingerprint density at radius 2 is 2.08 bits per heavy atom. The van der Waals surface area contributed by atoms with Crippen molar-refractivity contribution in [1.82, 2.24) is 0 Å². The van der Waals surface area contributed by atoms with Crippen molar-refractivity contribution >= 4 is 0 Å². The zero-order chi connectivity index (χ0) is 9.05. The van der Waals surface area contributed by atoms with Gasteiger partial charge in [-0.15, -0.1) is 0 Å². The van der Waals surface area contributed by atoms with Gasteiger partial charge in [-0.1, -0.05) is 18.2 Å². The molecule has 0 unspecified atom stereocenters. The Morgan fingerprint density at radius 1 is 1.38 bits per heavy atom. The Hall–Kier alpha value is -1.11. The first-order chi connectivity index (χ1) is 6.22. The molecule has 0 amide bonds. The van der Waals surface area contributed by atoms with Crippen LogP contribution in [-0.4, -0.2) is 0 Å². The third-order valence-corrected chi connectivity index (χ3v) is 3.55. The lowest BCUT2D eigenvalue weighted by Crippen LogP contribution is -2.02. The van der Waals surface area contributed by atoms with Crippen LogP contribution in [0.1, 0.15) is 24.0 Å². The van der Waals surface area contributed by atoms with E-state index in [1.807, 2.05) is 25.1 Å². The van der Waals surface area contributed by atoms with Gasteiger partial charge < -0.3 is 0 Å². The molecule has 1 heteroatoms. The van der Waals surface area contributed by atoms with E-state index in [1.165, 1.54) is 18.4 Å². The van der Waals surface area contributed by atoms with Crippen LogP contribution in [0.3, 0.4) is 0 Å². The van der Waals surface area contributed by atoms with Gasteiger partial charge in [0.15, 0.2) is 5.43 Å². The summed E-state index contributed by atoms with van der Waals surface area (Å²) in [7, 11) is 0. The number of hydrogen-bond donors (Lipinski definition) is 0. The molecule has 0 aromatic heterocycles. The number of rotatable bonds is 1. The minimum atomic E-state index is 0.187. The van der Waals surface area contributed by atoms with Gasteiger partial charge in [0, 0.05) is 0 Å². The van der Waals surface area contributed by atoms with Crippen molar-refractivity contribution in [3.05, 3.63) is 45.6 Å². The molecule has 0 radical (unpaired) electrons. The van der Waals surface area contributed by atoms with Crippen LogP contribution in [0.25, 0.3) is 0 Å². The second-order valence-corrected chi connectivity index (χ2v) is 4.43. The molecular weight excluding hydrogens is 160 g/mol. The molecular formula is C12H12O. The van der Waals surface area contributed by atoms with Gasteiger partial charge in [-0.2, -0.15) is 0 Å². The lowest BCUT2D eigenvalue weighted by Gasteiger charge is -1.97. The van der Waals surface area contributed by atoms with Crippen molar-refractivity contribution < 1.29 is 0 Å². The molecule has 1 aromatic carbocycles. The molecule has 0 heterocycles. The summed E-state index contributed by atoms with van der Waals surface area (Å²) in [6.45, 7) is 1.88. The van der Waals surface area contributed by atoms with Crippen LogP contribution in [-0.2, 0) is 5.41 Å². The minimum Gasteiger partial charge on any atom is -0.290 e. The van der Waals surface area contributed by atoms with Gasteiger partial charge in [-0.25, -0.2) is 0 Å². The fraction of sp³-hybridized carbons (Fsp3) is 0.417. The predicted molar refractivity (Wildman–Crippen MR) is 51.9 cm³/mol. The third-order valence-electron chi connectivity index (χ3n) is 3.55. The third kappa shape index (κ3) is 0.902. The highest BCUT2D eigenvalue weighted by molar-refractivity contribution is 5.43. The second-order valence-electron chi connectivity index (χ2n) is 4.43. The molecule has 0 atom stereocenters. The Balaban J connectivity index is 2.18. The van der Waals surface area contributed by atoms with E-state index in [9.17, 15) is 4.79 Å². The molecule has 1 nitrogen and oxygen atoms in total. The van der Waals surface area contributed by atoms with E-state index < -0.39 is 0 Å². The number of aryl methyl sites for hydroxylation is 1. The summed E-state index contributed by atoms with van der Waals surface area (Å²) >= 11 is 0. The number of hydrogen-bond acceptors (Lipinski definition) is 1. The van der Waals surface area contributed by atoms with Crippen LogP contribution < -0.4 is 5.43 Å². The zero-order valence-corrected chi connectivity index (χ0v) is 7.71. The van der Waals surface area contributed by atoms with E-state index in [4.69, 9.17) is 0 Å². The zero-order valence-electron chi connectivity index (χ0n) is 7.71. The fourth-order valence-corrected chi connectivity index (χ4v) is 2.16. The largest absolute Gasteiger partial charge is 0.290 e. The summed E-state index contributed by atoms with van der Waals surface area (Å²) in [5.74, 6) is 0.912. The second kappa shape index (κ2) is 2.03. The summed E-state index contributed by atoms with van der Waals surface area (Å²) in [6, 6.07) is 7.86. The first-order valence-corrected chi connectivity index (χ1v) is 4.84. The van der Waals surface area contributed by atoms with Crippen LogP contribution in [0.15, 0.2) is 29.1 Å². The maximum Gasteiger partial charge on any atom is 0.181 e. The predicted octanol–water partition coefficient (Wildman–Crippen LogP) is 2.02. The van der Waals surface area contributed by atoms with Crippen LogP contribution >= 0.6 is 0 Å². The average Bonchev–Trinajstić information content (AvgIpc) is 2.85. The molecule has 0 N–H and O–H groups in total. The molecule has 13 heavy (non-hydrogen) atoms. The van der Waals surface area contributed by atoms with E-state index in [-0.39, 0.29) is 5.43 Å². The van der Waals surface area contributed by atoms with Gasteiger partial charge in [0.2, 0.25) is 0 Å². The average molecular weight is 172 g/mol. The van der Waals surface area contributed by atoms with Gasteiger partial charge in [0.25, 0.3) is 0 Å². The van der Waals surface area contributed by atoms with Crippen molar-refractivity contribution in [3.63, 3.8) is 0 Å². The highest BCUT2D eigenvalue weighted by Gasteiger charge is 2.70. The maximum absolute atomic E-state index is 11.5. The monoisotopic (exact) mass is 172 g/mol. The summed E-state index contributed by atoms with van der Waals surface area (Å²) in [4.78, 5) is 11.5. The van der Waals surface area contributed by atoms with E-state index >= 15 is 0 Å². The molecule has 1 aromatic rings. The molecule has 2 aliphatic carbocycles. The fourth-order valence-electron chi connectivity index (χ4n) is 2.16.